The molecule has 0 aliphatic carbocycles. The molecule has 6 nitrogen and oxygen atoms in total. The highest BCUT2D eigenvalue weighted by atomic mass is 35.5. The second-order valence-electron chi connectivity index (χ2n) is 5.61. The van der Waals surface area contributed by atoms with E-state index in [-0.39, 0.29) is 10.6 Å². The predicted molar refractivity (Wildman–Crippen MR) is 96.0 cm³/mol. The molecule has 0 unspecified atom stereocenters. The van der Waals surface area contributed by atoms with E-state index < -0.39 is 9.84 Å². The van der Waals surface area contributed by atoms with Crippen molar-refractivity contribution in [2.75, 3.05) is 0 Å². The van der Waals surface area contributed by atoms with E-state index in [1.54, 1.807) is 36.5 Å². The maximum Gasteiger partial charge on any atom is 0.184 e. The summed E-state index contributed by atoms with van der Waals surface area (Å²) in [5.41, 5.74) is 2.59. The lowest BCUT2D eigenvalue weighted by Gasteiger charge is -2.02. The summed E-state index contributed by atoms with van der Waals surface area (Å²) in [6.07, 6.45) is 3.15. The molecule has 3 aromatic heterocycles. The van der Waals surface area contributed by atoms with Gasteiger partial charge in [0.05, 0.1) is 16.3 Å². The van der Waals surface area contributed by atoms with Crippen molar-refractivity contribution in [3.63, 3.8) is 0 Å². The highest BCUT2D eigenvalue weighted by Crippen LogP contribution is 2.27. The molecule has 0 aliphatic rings. The number of aromatic nitrogens is 4. The first-order chi connectivity index (χ1) is 12.0. The van der Waals surface area contributed by atoms with Crippen LogP contribution in [0.2, 0.25) is 5.02 Å². The van der Waals surface area contributed by atoms with E-state index >= 15 is 0 Å². The van der Waals surface area contributed by atoms with Crippen molar-refractivity contribution in [1.82, 2.24) is 20.2 Å². The molecule has 8 heteroatoms. The summed E-state index contributed by atoms with van der Waals surface area (Å²) in [6, 6.07) is 12.1. The summed E-state index contributed by atoms with van der Waals surface area (Å²) in [6.45, 7) is 0. The zero-order valence-electron chi connectivity index (χ0n) is 12.9. The standard InChI is InChI=1S/C17H13ClN4O2S/c18-12-5-3-11(4-6-12)10-25(23,24)13-8-15(20-9-13)16-14-2-1-7-19-17(14)22-21-16/h1-9,20H,10H2,(H,19,21,22). The van der Waals surface area contributed by atoms with E-state index in [1.165, 1.54) is 6.20 Å². The van der Waals surface area contributed by atoms with Gasteiger partial charge in [-0.25, -0.2) is 13.4 Å². The Kier molecular flexibility index (Phi) is 3.82. The van der Waals surface area contributed by atoms with Crippen molar-refractivity contribution in [3.05, 3.63) is 65.4 Å². The Morgan fingerprint density at radius 3 is 2.72 bits per heavy atom. The molecule has 0 aliphatic heterocycles. The molecule has 0 bridgehead atoms. The Labute approximate surface area is 148 Å². The summed E-state index contributed by atoms with van der Waals surface area (Å²) in [5, 5.41) is 8.46. The lowest BCUT2D eigenvalue weighted by molar-refractivity contribution is 0.595. The number of nitrogens with zero attached hydrogens (tertiary/aromatic N) is 2. The monoisotopic (exact) mass is 372 g/mol. The summed E-state index contributed by atoms with van der Waals surface area (Å²) < 4.78 is 25.3. The van der Waals surface area contributed by atoms with Gasteiger partial charge in [0.15, 0.2) is 15.5 Å². The molecule has 0 radical (unpaired) electrons. The van der Waals surface area contributed by atoms with Crippen LogP contribution in [-0.4, -0.2) is 28.6 Å². The molecular formula is C17H13ClN4O2S. The van der Waals surface area contributed by atoms with Gasteiger partial charge >= 0.3 is 0 Å². The quantitative estimate of drug-likeness (QED) is 0.572. The number of rotatable bonds is 4. The third-order valence-electron chi connectivity index (χ3n) is 3.88. The Balaban J connectivity index is 1.67. The third kappa shape index (κ3) is 3.04. The Bertz CT molecular complexity index is 1150. The number of pyridine rings is 1. The lowest BCUT2D eigenvalue weighted by Crippen LogP contribution is -2.03. The topological polar surface area (TPSA) is 91.5 Å². The fourth-order valence-electron chi connectivity index (χ4n) is 2.63. The number of fused-ring (bicyclic) bond motifs is 1. The average Bonchev–Trinajstić information content (AvgIpc) is 3.23. The fraction of sp³-hybridized carbons (Fsp3) is 0.0588. The fourth-order valence-corrected chi connectivity index (χ4v) is 4.09. The smallest absolute Gasteiger partial charge is 0.184 e. The largest absolute Gasteiger partial charge is 0.359 e. The van der Waals surface area contributed by atoms with Crippen LogP contribution in [0.5, 0.6) is 0 Å². The van der Waals surface area contributed by atoms with Crippen LogP contribution in [0.3, 0.4) is 0 Å². The zero-order valence-corrected chi connectivity index (χ0v) is 14.5. The van der Waals surface area contributed by atoms with Gasteiger partial charge in [0.2, 0.25) is 0 Å². The number of halogens is 1. The molecule has 3 heterocycles. The Morgan fingerprint density at radius 1 is 1.12 bits per heavy atom. The molecule has 4 rings (SSSR count). The van der Waals surface area contributed by atoms with E-state index in [0.29, 0.717) is 27.6 Å². The maximum atomic E-state index is 12.6. The number of benzene rings is 1. The molecule has 0 spiro atoms. The SMILES string of the molecule is O=S(=O)(Cc1ccc(Cl)cc1)c1c[nH]c(-c2n[nH]c3ncccc23)c1. The van der Waals surface area contributed by atoms with Crippen LogP contribution in [0.15, 0.2) is 59.8 Å². The van der Waals surface area contributed by atoms with E-state index in [1.807, 2.05) is 12.1 Å². The minimum atomic E-state index is -3.48. The van der Waals surface area contributed by atoms with Crippen LogP contribution in [0.4, 0.5) is 0 Å². The second kappa shape index (κ2) is 6.02. The van der Waals surface area contributed by atoms with Gasteiger partial charge in [-0.3, -0.25) is 5.10 Å². The van der Waals surface area contributed by atoms with E-state index in [9.17, 15) is 8.42 Å². The highest BCUT2D eigenvalue weighted by molar-refractivity contribution is 7.90. The number of aromatic amines is 2. The second-order valence-corrected chi connectivity index (χ2v) is 8.03. The molecule has 1 aromatic carbocycles. The van der Waals surface area contributed by atoms with Crippen molar-refractivity contribution >= 4 is 32.5 Å². The zero-order chi connectivity index (χ0) is 17.4. The molecule has 0 saturated heterocycles. The van der Waals surface area contributed by atoms with Crippen LogP contribution in [0.1, 0.15) is 5.56 Å². The van der Waals surface area contributed by atoms with Gasteiger partial charge in [-0.05, 0) is 35.9 Å². The Hall–Kier alpha value is -2.64. The minimum Gasteiger partial charge on any atom is -0.359 e. The first-order valence-corrected chi connectivity index (χ1v) is 9.51. The molecule has 0 amide bonds. The van der Waals surface area contributed by atoms with E-state index in [0.717, 1.165) is 5.39 Å². The van der Waals surface area contributed by atoms with Crippen LogP contribution in [0.25, 0.3) is 22.4 Å². The van der Waals surface area contributed by atoms with Gasteiger partial charge in [0.25, 0.3) is 0 Å². The number of nitrogens with one attached hydrogen (secondary N) is 2. The summed E-state index contributed by atoms with van der Waals surface area (Å²) >= 11 is 5.84. The lowest BCUT2D eigenvalue weighted by atomic mass is 10.2. The van der Waals surface area contributed by atoms with Crippen molar-refractivity contribution in [2.24, 2.45) is 0 Å². The first kappa shape index (κ1) is 15.9. The van der Waals surface area contributed by atoms with Crippen LogP contribution in [-0.2, 0) is 15.6 Å². The van der Waals surface area contributed by atoms with Crippen molar-refractivity contribution in [1.29, 1.82) is 0 Å². The summed E-state index contributed by atoms with van der Waals surface area (Å²) in [5.74, 6) is -0.0929. The van der Waals surface area contributed by atoms with E-state index in [4.69, 9.17) is 11.6 Å². The van der Waals surface area contributed by atoms with Gasteiger partial charge in [-0.15, -0.1) is 0 Å². The molecular weight excluding hydrogens is 360 g/mol. The van der Waals surface area contributed by atoms with E-state index in [2.05, 4.69) is 20.2 Å². The predicted octanol–water partition coefficient (Wildman–Crippen LogP) is 3.58. The van der Waals surface area contributed by atoms with Crippen LogP contribution < -0.4 is 0 Å². The van der Waals surface area contributed by atoms with Gasteiger partial charge in [-0.2, -0.15) is 5.10 Å². The molecule has 0 saturated carbocycles. The summed E-state index contributed by atoms with van der Waals surface area (Å²) in [7, 11) is -3.48. The molecule has 0 atom stereocenters. The third-order valence-corrected chi connectivity index (χ3v) is 5.80. The molecule has 25 heavy (non-hydrogen) atoms. The van der Waals surface area contributed by atoms with Crippen LogP contribution >= 0.6 is 11.6 Å². The Morgan fingerprint density at radius 2 is 1.92 bits per heavy atom. The molecule has 0 fully saturated rings. The average molecular weight is 373 g/mol. The van der Waals surface area contributed by atoms with Gasteiger partial charge < -0.3 is 4.98 Å². The normalized spacial score (nSPS) is 11.9. The van der Waals surface area contributed by atoms with Gasteiger partial charge in [-0.1, -0.05) is 23.7 Å². The summed E-state index contributed by atoms with van der Waals surface area (Å²) in [4.78, 5) is 7.40. The number of hydrogen-bond acceptors (Lipinski definition) is 4. The molecule has 126 valence electrons. The minimum absolute atomic E-state index is 0.0929. The van der Waals surface area contributed by atoms with Gasteiger partial charge in [0.1, 0.15) is 5.69 Å². The number of sulfone groups is 1. The van der Waals surface area contributed by atoms with Crippen molar-refractivity contribution < 1.29 is 8.42 Å². The number of hydrogen-bond donors (Lipinski definition) is 2. The van der Waals surface area contributed by atoms with Crippen LogP contribution in [0, 0.1) is 0 Å². The number of H-pyrrole nitrogens is 2. The molecule has 4 aromatic rings. The van der Waals surface area contributed by atoms with Gasteiger partial charge in [0, 0.05) is 22.8 Å². The molecule has 2 N–H and O–H groups in total. The van der Waals surface area contributed by atoms with Crippen molar-refractivity contribution in [2.45, 2.75) is 10.6 Å². The van der Waals surface area contributed by atoms with Crippen molar-refractivity contribution in [3.8, 4) is 11.4 Å². The highest BCUT2D eigenvalue weighted by Gasteiger charge is 2.19. The maximum absolute atomic E-state index is 12.6. The first-order valence-electron chi connectivity index (χ1n) is 7.48.